The van der Waals surface area contributed by atoms with E-state index in [1.165, 1.54) is 19.9 Å². The zero-order valence-electron chi connectivity index (χ0n) is 7.80. The van der Waals surface area contributed by atoms with Crippen molar-refractivity contribution in [1.29, 1.82) is 0 Å². The maximum absolute atomic E-state index is 13.0. The van der Waals surface area contributed by atoms with Crippen LogP contribution in [0, 0.1) is 19.7 Å². The molecule has 0 spiro atoms. The van der Waals surface area contributed by atoms with Crippen LogP contribution >= 0.6 is 0 Å². The van der Waals surface area contributed by atoms with E-state index in [2.05, 4.69) is 0 Å². The minimum atomic E-state index is -1.53. The predicted octanol–water partition coefficient (Wildman–Crippen LogP) is 1.71. The number of aryl methyl sites for hydroxylation is 2. The van der Waals surface area contributed by atoms with Gasteiger partial charge in [0.05, 0.1) is 0 Å². The van der Waals surface area contributed by atoms with Crippen molar-refractivity contribution in [3.63, 3.8) is 0 Å². The molecule has 0 heterocycles. The van der Waals surface area contributed by atoms with E-state index in [1.807, 2.05) is 0 Å². The summed E-state index contributed by atoms with van der Waals surface area (Å²) in [5.74, 6) is -2.98. The van der Waals surface area contributed by atoms with Gasteiger partial charge in [-0.1, -0.05) is 0 Å². The maximum atomic E-state index is 13.0. The van der Waals surface area contributed by atoms with Crippen LogP contribution in [0.15, 0.2) is 12.1 Å². The van der Waals surface area contributed by atoms with Gasteiger partial charge in [0.15, 0.2) is 0 Å². The largest absolute Gasteiger partial charge is 0.475 e. The van der Waals surface area contributed by atoms with Crippen LogP contribution in [-0.4, -0.2) is 16.9 Å². The summed E-state index contributed by atoms with van der Waals surface area (Å²) >= 11 is 0. The standard InChI is InChI=1S/C10H9FO3/c1-5-4-8(11)6(2)3-7(5)9(12)10(13)14/h3-4H,1-2H3,(H,13,14). The molecule has 74 valence electrons. The lowest BCUT2D eigenvalue weighted by atomic mass is 10.0. The van der Waals surface area contributed by atoms with Crippen LogP contribution in [0.2, 0.25) is 0 Å². The van der Waals surface area contributed by atoms with Crippen molar-refractivity contribution in [1.82, 2.24) is 0 Å². The molecule has 4 heteroatoms. The van der Waals surface area contributed by atoms with Gasteiger partial charge in [-0.25, -0.2) is 9.18 Å². The zero-order valence-corrected chi connectivity index (χ0v) is 7.80. The van der Waals surface area contributed by atoms with Gasteiger partial charge in [-0.15, -0.1) is 0 Å². The predicted molar refractivity (Wildman–Crippen MR) is 47.8 cm³/mol. The Morgan fingerprint density at radius 3 is 2.29 bits per heavy atom. The Labute approximate surface area is 80.2 Å². The van der Waals surface area contributed by atoms with E-state index in [0.29, 0.717) is 5.56 Å². The summed E-state index contributed by atoms with van der Waals surface area (Å²) in [7, 11) is 0. The van der Waals surface area contributed by atoms with Gasteiger partial charge >= 0.3 is 5.97 Å². The molecule has 0 amide bonds. The smallest absolute Gasteiger partial charge is 0.377 e. The minimum absolute atomic E-state index is 0.0383. The average Bonchev–Trinajstić information content (AvgIpc) is 2.10. The number of carbonyl (C=O) groups excluding carboxylic acids is 1. The number of rotatable bonds is 2. The first-order valence-corrected chi connectivity index (χ1v) is 3.98. The lowest BCUT2D eigenvalue weighted by Gasteiger charge is -2.04. The average molecular weight is 196 g/mol. The van der Waals surface area contributed by atoms with E-state index in [9.17, 15) is 14.0 Å². The van der Waals surface area contributed by atoms with Crippen molar-refractivity contribution in [3.8, 4) is 0 Å². The molecule has 0 saturated carbocycles. The fourth-order valence-corrected chi connectivity index (χ4v) is 1.14. The number of aliphatic carboxylic acids is 1. The summed E-state index contributed by atoms with van der Waals surface area (Å²) in [6.07, 6.45) is 0. The van der Waals surface area contributed by atoms with E-state index in [1.54, 1.807) is 0 Å². The number of ketones is 1. The molecule has 0 fully saturated rings. The topological polar surface area (TPSA) is 54.4 Å². The molecule has 0 atom stereocenters. The van der Waals surface area contributed by atoms with Crippen molar-refractivity contribution in [2.75, 3.05) is 0 Å². The lowest BCUT2D eigenvalue weighted by molar-refractivity contribution is -0.131. The molecular weight excluding hydrogens is 187 g/mol. The Morgan fingerprint density at radius 2 is 1.79 bits per heavy atom. The minimum Gasteiger partial charge on any atom is -0.475 e. The summed E-state index contributed by atoms with van der Waals surface area (Å²) in [6.45, 7) is 2.98. The van der Waals surface area contributed by atoms with Gasteiger partial charge in [0, 0.05) is 5.56 Å². The highest BCUT2D eigenvalue weighted by atomic mass is 19.1. The summed E-state index contributed by atoms with van der Waals surface area (Å²) < 4.78 is 13.0. The van der Waals surface area contributed by atoms with Crippen LogP contribution in [-0.2, 0) is 4.79 Å². The van der Waals surface area contributed by atoms with Crippen LogP contribution in [0.3, 0.4) is 0 Å². The molecule has 0 radical (unpaired) electrons. The number of halogens is 1. The molecule has 1 N–H and O–H groups in total. The second kappa shape index (κ2) is 3.57. The van der Waals surface area contributed by atoms with E-state index in [4.69, 9.17) is 5.11 Å². The number of carbonyl (C=O) groups is 2. The van der Waals surface area contributed by atoms with Crippen molar-refractivity contribution >= 4 is 11.8 Å². The Balaban J connectivity index is 3.29. The quantitative estimate of drug-likeness (QED) is 0.578. The monoisotopic (exact) mass is 196 g/mol. The molecule has 0 unspecified atom stereocenters. The lowest BCUT2D eigenvalue weighted by Crippen LogP contribution is -2.14. The Hall–Kier alpha value is -1.71. The van der Waals surface area contributed by atoms with Crippen LogP contribution in [0.5, 0.6) is 0 Å². The third kappa shape index (κ3) is 1.79. The number of hydrogen-bond donors (Lipinski definition) is 1. The second-order valence-corrected chi connectivity index (χ2v) is 3.05. The molecule has 1 rings (SSSR count). The van der Waals surface area contributed by atoms with Crippen LogP contribution in [0.25, 0.3) is 0 Å². The number of benzene rings is 1. The zero-order chi connectivity index (χ0) is 10.9. The molecule has 0 saturated heterocycles. The third-order valence-corrected chi connectivity index (χ3v) is 1.94. The molecule has 1 aromatic carbocycles. The number of carboxylic acids is 1. The van der Waals surface area contributed by atoms with Gasteiger partial charge in [-0.2, -0.15) is 0 Å². The second-order valence-electron chi connectivity index (χ2n) is 3.05. The third-order valence-electron chi connectivity index (χ3n) is 1.94. The van der Waals surface area contributed by atoms with Gasteiger partial charge in [0.2, 0.25) is 0 Å². The van der Waals surface area contributed by atoms with E-state index >= 15 is 0 Å². The Bertz CT molecular complexity index is 410. The van der Waals surface area contributed by atoms with Crippen molar-refractivity contribution in [2.45, 2.75) is 13.8 Å². The van der Waals surface area contributed by atoms with Gasteiger partial charge in [0.25, 0.3) is 5.78 Å². The molecule has 0 bridgehead atoms. The van der Waals surface area contributed by atoms with E-state index < -0.39 is 17.6 Å². The first-order chi connectivity index (χ1) is 6.43. The molecule has 0 aliphatic rings. The fraction of sp³-hybridized carbons (Fsp3) is 0.200. The molecule has 14 heavy (non-hydrogen) atoms. The summed E-state index contributed by atoms with van der Waals surface area (Å²) in [6, 6.07) is 2.41. The molecule has 0 aromatic heterocycles. The van der Waals surface area contributed by atoms with Crippen LogP contribution in [0.1, 0.15) is 21.5 Å². The summed E-state index contributed by atoms with van der Waals surface area (Å²) in [5.41, 5.74) is 0.636. The highest BCUT2D eigenvalue weighted by Crippen LogP contribution is 2.15. The first kappa shape index (κ1) is 10.4. The highest BCUT2D eigenvalue weighted by molar-refractivity contribution is 6.40. The summed E-state index contributed by atoms with van der Waals surface area (Å²) in [5, 5.41) is 8.48. The summed E-state index contributed by atoms with van der Waals surface area (Å²) in [4.78, 5) is 21.5. The van der Waals surface area contributed by atoms with Crippen molar-refractivity contribution < 1.29 is 19.1 Å². The maximum Gasteiger partial charge on any atom is 0.377 e. The SMILES string of the molecule is Cc1cc(C(=O)C(=O)O)c(C)cc1F. The van der Waals surface area contributed by atoms with E-state index in [-0.39, 0.29) is 11.1 Å². The van der Waals surface area contributed by atoms with Gasteiger partial charge in [-0.05, 0) is 37.1 Å². The Kier molecular flexibility index (Phi) is 2.65. The van der Waals surface area contributed by atoms with Crippen molar-refractivity contribution in [2.24, 2.45) is 0 Å². The molecule has 1 aromatic rings. The molecule has 0 aliphatic heterocycles. The van der Waals surface area contributed by atoms with Gasteiger partial charge in [0.1, 0.15) is 5.82 Å². The molecular formula is C10H9FO3. The number of hydrogen-bond acceptors (Lipinski definition) is 2. The van der Waals surface area contributed by atoms with Gasteiger partial charge in [-0.3, -0.25) is 4.79 Å². The Morgan fingerprint density at radius 1 is 1.21 bits per heavy atom. The van der Waals surface area contributed by atoms with E-state index in [0.717, 1.165) is 6.07 Å². The first-order valence-electron chi connectivity index (χ1n) is 3.98. The molecule has 3 nitrogen and oxygen atoms in total. The van der Waals surface area contributed by atoms with Crippen molar-refractivity contribution in [3.05, 3.63) is 34.6 Å². The fourth-order valence-electron chi connectivity index (χ4n) is 1.14. The van der Waals surface area contributed by atoms with Crippen LogP contribution in [0.4, 0.5) is 4.39 Å². The normalized spacial score (nSPS) is 9.93. The number of carboxylic acid groups (broad SMARTS) is 1. The number of Topliss-reactive ketones (excluding diaryl/α,β-unsaturated/α-hetero) is 1. The molecule has 0 aliphatic carbocycles. The van der Waals surface area contributed by atoms with Gasteiger partial charge < -0.3 is 5.11 Å². The van der Waals surface area contributed by atoms with Crippen LogP contribution < -0.4 is 0 Å². The highest BCUT2D eigenvalue weighted by Gasteiger charge is 2.17.